The molecule has 0 atom stereocenters. The molecule has 0 bridgehead atoms. The fraction of sp³-hybridized carbons (Fsp3) is 0.417. The second-order valence-corrected chi connectivity index (χ2v) is 6.74. The van der Waals surface area contributed by atoms with E-state index in [1.54, 1.807) is 0 Å². The maximum atomic E-state index is 12.1. The highest BCUT2D eigenvalue weighted by atomic mass is 35.5. The summed E-state index contributed by atoms with van der Waals surface area (Å²) in [6.07, 6.45) is -1.90. The molecule has 1 rings (SSSR count). The van der Waals surface area contributed by atoms with Crippen molar-refractivity contribution in [3.8, 4) is 0 Å². The van der Waals surface area contributed by atoms with Crippen molar-refractivity contribution in [2.75, 3.05) is 19.8 Å². The Labute approximate surface area is 121 Å². The van der Waals surface area contributed by atoms with Gasteiger partial charge in [-0.3, -0.25) is 4.79 Å². The van der Waals surface area contributed by atoms with Gasteiger partial charge >= 0.3 is 0 Å². The summed E-state index contributed by atoms with van der Waals surface area (Å²) in [6, 6.07) is 3.71. The molecule has 0 spiro atoms. The van der Waals surface area contributed by atoms with Crippen LogP contribution in [-0.4, -0.2) is 45.5 Å². The normalized spacial score (nSPS) is 11.7. The minimum Gasteiger partial charge on any atom is -0.341 e. The van der Waals surface area contributed by atoms with Crippen LogP contribution in [0.3, 0.4) is 0 Å². The second-order valence-electron chi connectivity index (χ2n) is 4.32. The zero-order chi connectivity index (χ0) is 15.5. The standard InChI is InChI=1S/C12H14ClF2NO3S/c1-16(6-5-11(14)15)12(17)9-4-3-8(7-10(9)13)20(2,18)19/h3-4,7,11H,5-6H2,1-2H3. The minimum atomic E-state index is -3.42. The molecule has 0 aliphatic heterocycles. The maximum Gasteiger partial charge on any atom is 0.255 e. The van der Waals surface area contributed by atoms with E-state index in [0.29, 0.717) is 0 Å². The lowest BCUT2D eigenvalue weighted by Crippen LogP contribution is -2.29. The van der Waals surface area contributed by atoms with Crippen molar-refractivity contribution >= 4 is 27.3 Å². The molecule has 0 aromatic heterocycles. The fourth-order valence-corrected chi connectivity index (χ4v) is 2.47. The molecule has 1 aromatic carbocycles. The van der Waals surface area contributed by atoms with Gasteiger partial charge in [-0.25, -0.2) is 17.2 Å². The molecular weight excluding hydrogens is 312 g/mol. The largest absolute Gasteiger partial charge is 0.341 e. The van der Waals surface area contributed by atoms with E-state index in [-0.39, 0.29) is 22.0 Å². The van der Waals surface area contributed by atoms with Crippen LogP contribution in [-0.2, 0) is 9.84 Å². The molecular formula is C12H14ClF2NO3S. The van der Waals surface area contributed by atoms with E-state index in [2.05, 4.69) is 0 Å². The Kier molecular flexibility index (Phi) is 5.47. The third-order valence-corrected chi connectivity index (χ3v) is 4.05. The van der Waals surface area contributed by atoms with Gasteiger partial charge in [0.1, 0.15) is 0 Å². The topological polar surface area (TPSA) is 54.5 Å². The Balaban J connectivity index is 2.95. The highest BCUT2D eigenvalue weighted by molar-refractivity contribution is 7.90. The molecule has 1 amide bonds. The van der Waals surface area contributed by atoms with Gasteiger partial charge in [-0.15, -0.1) is 0 Å². The maximum absolute atomic E-state index is 12.1. The summed E-state index contributed by atoms with van der Waals surface area (Å²) in [5, 5.41) is -0.0261. The van der Waals surface area contributed by atoms with Crippen molar-refractivity contribution in [1.29, 1.82) is 0 Å². The first-order chi connectivity index (χ1) is 9.12. The molecule has 0 saturated heterocycles. The molecule has 0 radical (unpaired) electrons. The van der Waals surface area contributed by atoms with Crippen LogP contribution in [0.5, 0.6) is 0 Å². The molecule has 8 heteroatoms. The van der Waals surface area contributed by atoms with E-state index >= 15 is 0 Å². The Hall–Kier alpha value is -1.21. The molecule has 1 aromatic rings. The van der Waals surface area contributed by atoms with Crippen molar-refractivity contribution in [3.63, 3.8) is 0 Å². The minimum absolute atomic E-state index is 0.00529. The number of carbonyl (C=O) groups excluding carboxylic acids is 1. The quantitative estimate of drug-likeness (QED) is 0.835. The monoisotopic (exact) mass is 325 g/mol. The van der Waals surface area contributed by atoms with Gasteiger partial charge in [-0.2, -0.15) is 0 Å². The summed E-state index contributed by atoms with van der Waals surface area (Å²) in [7, 11) is -2.04. The number of rotatable bonds is 5. The lowest BCUT2D eigenvalue weighted by molar-refractivity contribution is 0.0740. The molecule has 0 unspecified atom stereocenters. The average molecular weight is 326 g/mol. The van der Waals surface area contributed by atoms with E-state index in [1.165, 1.54) is 25.2 Å². The van der Waals surface area contributed by atoms with Crippen molar-refractivity contribution in [1.82, 2.24) is 4.90 Å². The van der Waals surface area contributed by atoms with E-state index < -0.39 is 28.6 Å². The summed E-state index contributed by atoms with van der Waals surface area (Å²) >= 11 is 5.88. The third kappa shape index (κ3) is 4.42. The molecule has 0 N–H and O–H groups in total. The van der Waals surface area contributed by atoms with Crippen LogP contribution in [0.25, 0.3) is 0 Å². The summed E-state index contributed by atoms with van der Waals surface area (Å²) in [5.74, 6) is -0.532. The average Bonchev–Trinajstić information content (AvgIpc) is 2.33. The predicted octanol–water partition coefficient (Wildman–Crippen LogP) is 2.47. The summed E-state index contributed by atoms with van der Waals surface area (Å²) in [4.78, 5) is 13.1. The van der Waals surface area contributed by atoms with Gasteiger partial charge in [0.2, 0.25) is 6.43 Å². The van der Waals surface area contributed by atoms with Crippen LogP contribution in [0, 0.1) is 0 Å². The van der Waals surface area contributed by atoms with Crippen LogP contribution in [0.2, 0.25) is 5.02 Å². The highest BCUT2D eigenvalue weighted by Gasteiger charge is 2.18. The van der Waals surface area contributed by atoms with E-state index in [1.807, 2.05) is 0 Å². The summed E-state index contributed by atoms with van der Waals surface area (Å²) in [6.45, 7) is -0.110. The first-order valence-electron chi connectivity index (χ1n) is 5.66. The van der Waals surface area contributed by atoms with E-state index in [4.69, 9.17) is 11.6 Å². The number of halogens is 3. The molecule has 0 aliphatic rings. The van der Waals surface area contributed by atoms with Gasteiger partial charge in [0.05, 0.1) is 15.5 Å². The predicted molar refractivity (Wildman–Crippen MR) is 72.1 cm³/mol. The van der Waals surface area contributed by atoms with Crippen molar-refractivity contribution in [2.45, 2.75) is 17.7 Å². The number of nitrogens with zero attached hydrogens (tertiary/aromatic N) is 1. The summed E-state index contributed by atoms with van der Waals surface area (Å²) < 4.78 is 46.9. The van der Waals surface area contributed by atoms with E-state index in [0.717, 1.165) is 11.2 Å². The fourth-order valence-electron chi connectivity index (χ4n) is 1.50. The molecule has 0 saturated carbocycles. The molecule has 0 heterocycles. The number of hydrogen-bond acceptors (Lipinski definition) is 3. The lowest BCUT2D eigenvalue weighted by atomic mass is 10.2. The number of sulfone groups is 1. The Bertz CT molecular complexity index is 605. The van der Waals surface area contributed by atoms with Crippen LogP contribution >= 0.6 is 11.6 Å². The SMILES string of the molecule is CN(CCC(F)F)C(=O)c1ccc(S(C)(=O)=O)cc1Cl. The summed E-state index contributed by atoms with van der Waals surface area (Å²) in [5.41, 5.74) is 0.0795. The van der Waals surface area contributed by atoms with Gasteiger partial charge in [0, 0.05) is 26.3 Å². The van der Waals surface area contributed by atoms with Crippen LogP contribution in [0.15, 0.2) is 23.1 Å². The number of hydrogen-bond donors (Lipinski definition) is 0. The van der Waals surface area contributed by atoms with Crippen LogP contribution in [0.1, 0.15) is 16.8 Å². The van der Waals surface area contributed by atoms with Crippen molar-refractivity contribution in [3.05, 3.63) is 28.8 Å². The Morgan fingerprint density at radius 3 is 2.45 bits per heavy atom. The van der Waals surface area contributed by atoms with Crippen molar-refractivity contribution in [2.24, 2.45) is 0 Å². The molecule has 20 heavy (non-hydrogen) atoms. The van der Waals surface area contributed by atoms with Gasteiger partial charge in [0.25, 0.3) is 5.91 Å². The number of benzene rings is 1. The van der Waals surface area contributed by atoms with Gasteiger partial charge in [-0.1, -0.05) is 11.6 Å². The van der Waals surface area contributed by atoms with Crippen LogP contribution in [0.4, 0.5) is 8.78 Å². The Morgan fingerprint density at radius 1 is 1.40 bits per heavy atom. The number of amides is 1. The second kappa shape index (κ2) is 6.49. The Morgan fingerprint density at radius 2 is 2.00 bits per heavy atom. The van der Waals surface area contributed by atoms with Crippen molar-refractivity contribution < 1.29 is 22.0 Å². The molecule has 0 aliphatic carbocycles. The van der Waals surface area contributed by atoms with E-state index in [9.17, 15) is 22.0 Å². The van der Waals surface area contributed by atoms with Crippen LogP contribution < -0.4 is 0 Å². The molecule has 112 valence electrons. The third-order valence-electron chi connectivity index (χ3n) is 2.63. The molecule has 4 nitrogen and oxygen atoms in total. The highest BCUT2D eigenvalue weighted by Crippen LogP contribution is 2.22. The first kappa shape index (κ1) is 16.8. The zero-order valence-corrected chi connectivity index (χ0v) is 12.5. The number of carbonyl (C=O) groups is 1. The number of alkyl halides is 2. The molecule has 0 fully saturated rings. The van der Waals surface area contributed by atoms with Gasteiger partial charge in [-0.05, 0) is 18.2 Å². The smallest absolute Gasteiger partial charge is 0.255 e. The van der Waals surface area contributed by atoms with Gasteiger partial charge in [0.15, 0.2) is 9.84 Å². The van der Waals surface area contributed by atoms with Gasteiger partial charge < -0.3 is 4.90 Å². The lowest BCUT2D eigenvalue weighted by Gasteiger charge is -2.17. The first-order valence-corrected chi connectivity index (χ1v) is 7.93. The zero-order valence-electron chi connectivity index (χ0n) is 10.9.